The molecule has 6 heteroatoms. The SMILES string of the molecule is Cc1nc(CCC2CCCC(C)C2O)ccc1-c1ccc(F)c(COc2ccc3c(c2)CC(C(=O)O)C3)c1. The molecule has 0 aliphatic heterocycles. The number of aliphatic hydroxyl groups is 1. The monoisotopic (exact) mass is 517 g/mol. The maximum atomic E-state index is 14.7. The number of halogens is 1. The molecule has 1 saturated carbocycles. The van der Waals surface area contributed by atoms with E-state index in [1.807, 2.05) is 37.3 Å². The van der Waals surface area contributed by atoms with Crippen LogP contribution in [0.2, 0.25) is 0 Å². The van der Waals surface area contributed by atoms with Gasteiger partial charge in [0.2, 0.25) is 0 Å². The van der Waals surface area contributed by atoms with Gasteiger partial charge < -0.3 is 14.9 Å². The van der Waals surface area contributed by atoms with Crippen LogP contribution in [-0.2, 0) is 30.7 Å². The lowest BCUT2D eigenvalue weighted by Gasteiger charge is -2.32. The molecule has 1 aromatic heterocycles. The molecule has 5 rings (SSSR count). The van der Waals surface area contributed by atoms with Crippen LogP contribution in [-0.4, -0.2) is 27.3 Å². The molecule has 2 aliphatic rings. The van der Waals surface area contributed by atoms with Crippen LogP contribution in [0.15, 0.2) is 48.5 Å². The van der Waals surface area contributed by atoms with Gasteiger partial charge in [-0.1, -0.05) is 31.5 Å². The van der Waals surface area contributed by atoms with Gasteiger partial charge in [-0.3, -0.25) is 9.78 Å². The summed E-state index contributed by atoms with van der Waals surface area (Å²) in [5.41, 5.74) is 6.23. The van der Waals surface area contributed by atoms with Crippen LogP contribution in [0.5, 0.6) is 5.75 Å². The summed E-state index contributed by atoms with van der Waals surface area (Å²) >= 11 is 0. The van der Waals surface area contributed by atoms with Crippen LogP contribution in [0, 0.1) is 30.5 Å². The number of ether oxygens (including phenoxy) is 1. The number of benzene rings is 2. The summed E-state index contributed by atoms with van der Waals surface area (Å²) in [5, 5.41) is 19.8. The third-order valence-corrected chi connectivity index (χ3v) is 8.43. The van der Waals surface area contributed by atoms with E-state index < -0.39 is 5.97 Å². The quantitative estimate of drug-likeness (QED) is 0.366. The molecule has 5 nitrogen and oxygen atoms in total. The molecule has 0 amide bonds. The van der Waals surface area contributed by atoms with Crippen LogP contribution in [0.25, 0.3) is 11.1 Å². The Morgan fingerprint density at radius 3 is 2.68 bits per heavy atom. The van der Waals surface area contributed by atoms with E-state index in [1.165, 1.54) is 12.5 Å². The minimum atomic E-state index is -0.780. The van der Waals surface area contributed by atoms with Gasteiger partial charge in [0.25, 0.3) is 0 Å². The number of carboxylic acids is 1. The number of pyridine rings is 1. The summed E-state index contributed by atoms with van der Waals surface area (Å²) in [6.07, 6.45) is 5.96. The zero-order valence-electron chi connectivity index (χ0n) is 22.1. The summed E-state index contributed by atoms with van der Waals surface area (Å²) < 4.78 is 20.6. The van der Waals surface area contributed by atoms with Gasteiger partial charge in [-0.15, -0.1) is 0 Å². The first-order chi connectivity index (χ1) is 18.3. The number of fused-ring (bicyclic) bond motifs is 1. The Morgan fingerprint density at radius 1 is 1.08 bits per heavy atom. The predicted octanol–water partition coefficient (Wildman–Crippen LogP) is 6.30. The molecular formula is C32H36FNO4. The van der Waals surface area contributed by atoms with Gasteiger partial charge >= 0.3 is 5.97 Å². The first-order valence-corrected chi connectivity index (χ1v) is 13.7. The highest BCUT2D eigenvalue weighted by Crippen LogP contribution is 2.33. The second-order valence-electron chi connectivity index (χ2n) is 11.1. The van der Waals surface area contributed by atoms with E-state index in [2.05, 4.69) is 13.0 Å². The predicted molar refractivity (Wildman–Crippen MR) is 145 cm³/mol. The van der Waals surface area contributed by atoms with Gasteiger partial charge in [-0.25, -0.2) is 4.39 Å². The lowest BCUT2D eigenvalue weighted by Crippen LogP contribution is -2.32. The lowest BCUT2D eigenvalue weighted by atomic mass is 9.77. The fraction of sp³-hybridized carbons (Fsp3) is 0.438. The summed E-state index contributed by atoms with van der Waals surface area (Å²) in [5.74, 6) is -0.181. The second-order valence-corrected chi connectivity index (χ2v) is 11.1. The standard InChI is InChI=1S/C32H36FNO4/c1-19-4-3-5-21(31(19)35)6-9-27-10-12-29(20(2)34-27)23-8-13-30(33)26(15-23)18-38-28-11-7-22-14-25(32(36)37)16-24(22)17-28/h7-8,10-13,15,17,19,21,25,31,35H,3-6,9,14,16,18H2,1-2H3,(H,36,37). The van der Waals surface area contributed by atoms with Crippen molar-refractivity contribution in [3.05, 3.63) is 82.4 Å². The number of aliphatic hydroxyl groups excluding tert-OH is 1. The summed E-state index contributed by atoms with van der Waals surface area (Å²) in [7, 11) is 0. The van der Waals surface area contributed by atoms with Crippen molar-refractivity contribution in [2.45, 2.75) is 71.5 Å². The molecule has 1 fully saturated rings. The van der Waals surface area contributed by atoms with Crippen molar-refractivity contribution in [3.8, 4) is 16.9 Å². The Bertz CT molecular complexity index is 1320. The second kappa shape index (κ2) is 11.2. The molecule has 0 radical (unpaired) electrons. The molecule has 3 aromatic rings. The normalized spacial score (nSPS) is 22.7. The molecule has 0 bridgehead atoms. The number of hydrogen-bond donors (Lipinski definition) is 2. The van der Waals surface area contributed by atoms with E-state index in [1.54, 1.807) is 6.07 Å². The van der Waals surface area contributed by atoms with Crippen molar-refractivity contribution in [1.29, 1.82) is 0 Å². The fourth-order valence-corrected chi connectivity index (χ4v) is 6.09. The van der Waals surface area contributed by atoms with Crippen molar-refractivity contribution in [1.82, 2.24) is 4.98 Å². The van der Waals surface area contributed by atoms with Crippen molar-refractivity contribution in [2.75, 3.05) is 0 Å². The van der Waals surface area contributed by atoms with Crippen LogP contribution >= 0.6 is 0 Å². The third-order valence-electron chi connectivity index (χ3n) is 8.43. The first-order valence-electron chi connectivity index (χ1n) is 13.7. The van der Waals surface area contributed by atoms with Gasteiger partial charge in [-0.05, 0) is 104 Å². The van der Waals surface area contributed by atoms with Crippen LogP contribution in [0.4, 0.5) is 4.39 Å². The van der Waals surface area contributed by atoms with Crippen molar-refractivity contribution in [2.24, 2.45) is 17.8 Å². The third kappa shape index (κ3) is 5.75. The van der Waals surface area contributed by atoms with E-state index in [0.29, 0.717) is 36.0 Å². The number of aryl methyl sites for hydroxylation is 2. The Balaban J connectivity index is 1.24. The maximum absolute atomic E-state index is 14.7. The van der Waals surface area contributed by atoms with E-state index in [9.17, 15) is 19.4 Å². The largest absolute Gasteiger partial charge is 0.489 e. The molecule has 1 heterocycles. The zero-order valence-corrected chi connectivity index (χ0v) is 22.1. The molecule has 38 heavy (non-hydrogen) atoms. The number of rotatable bonds is 8. The molecule has 2 aliphatic carbocycles. The summed E-state index contributed by atoms with van der Waals surface area (Å²) in [6, 6.07) is 14.7. The molecule has 4 atom stereocenters. The number of hydrogen-bond acceptors (Lipinski definition) is 4. The number of aliphatic carboxylic acids is 1. The van der Waals surface area contributed by atoms with Gasteiger partial charge in [0.1, 0.15) is 18.2 Å². The van der Waals surface area contributed by atoms with Crippen molar-refractivity contribution >= 4 is 5.97 Å². The van der Waals surface area contributed by atoms with E-state index in [0.717, 1.165) is 59.3 Å². The average Bonchev–Trinajstić information content (AvgIpc) is 3.33. The van der Waals surface area contributed by atoms with Crippen LogP contribution in [0.3, 0.4) is 0 Å². The Kier molecular flexibility index (Phi) is 7.80. The topological polar surface area (TPSA) is 79.7 Å². The molecule has 0 spiro atoms. The van der Waals surface area contributed by atoms with Gasteiger partial charge in [0.05, 0.1) is 12.0 Å². The highest BCUT2D eigenvalue weighted by Gasteiger charge is 2.29. The molecule has 200 valence electrons. The van der Waals surface area contributed by atoms with E-state index >= 15 is 0 Å². The van der Waals surface area contributed by atoms with Crippen molar-refractivity contribution < 1.29 is 24.1 Å². The Morgan fingerprint density at radius 2 is 1.89 bits per heavy atom. The molecule has 0 saturated heterocycles. The zero-order chi connectivity index (χ0) is 26.8. The fourth-order valence-electron chi connectivity index (χ4n) is 6.09. The highest BCUT2D eigenvalue weighted by molar-refractivity contribution is 5.72. The summed E-state index contributed by atoms with van der Waals surface area (Å²) in [4.78, 5) is 16.2. The number of carbonyl (C=O) groups is 1. The smallest absolute Gasteiger partial charge is 0.307 e. The molecule has 2 N–H and O–H groups in total. The number of aromatic nitrogens is 1. The average molecular weight is 518 g/mol. The minimum absolute atomic E-state index is 0.0769. The number of carboxylic acid groups (broad SMARTS) is 1. The highest BCUT2D eigenvalue weighted by atomic mass is 19.1. The van der Waals surface area contributed by atoms with E-state index in [-0.39, 0.29) is 24.4 Å². The van der Waals surface area contributed by atoms with Gasteiger partial charge in [-0.2, -0.15) is 0 Å². The maximum Gasteiger partial charge on any atom is 0.307 e. The minimum Gasteiger partial charge on any atom is -0.489 e. The molecule has 4 unspecified atom stereocenters. The molecular weight excluding hydrogens is 481 g/mol. The van der Waals surface area contributed by atoms with Gasteiger partial charge in [0, 0.05) is 22.5 Å². The Hall–Kier alpha value is -3.25. The Labute approximate surface area is 223 Å². The molecule has 2 aromatic carbocycles. The first kappa shape index (κ1) is 26.4. The number of nitrogens with zero attached hydrogens (tertiary/aromatic N) is 1. The van der Waals surface area contributed by atoms with Crippen molar-refractivity contribution in [3.63, 3.8) is 0 Å². The summed E-state index contributed by atoms with van der Waals surface area (Å²) in [6.45, 7) is 4.19. The van der Waals surface area contributed by atoms with E-state index in [4.69, 9.17) is 9.72 Å². The van der Waals surface area contributed by atoms with Gasteiger partial charge in [0.15, 0.2) is 0 Å². The van der Waals surface area contributed by atoms with Crippen LogP contribution < -0.4 is 4.74 Å². The van der Waals surface area contributed by atoms with Crippen LogP contribution in [0.1, 0.15) is 60.7 Å². The lowest BCUT2D eigenvalue weighted by molar-refractivity contribution is -0.141.